The Morgan fingerprint density at radius 2 is 2.25 bits per heavy atom. The summed E-state index contributed by atoms with van der Waals surface area (Å²) in [4.78, 5) is 10.5. The minimum absolute atomic E-state index is 0.00926. The standard InChI is InChI=1S/C5H8N2O/c6-3-1-2-4(8)5(3)7/h5-6H,1-2,7H2. The Labute approximate surface area is 47.4 Å². The van der Waals surface area contributed by atoms with Crippen molar-refractivity contribution in [3.63, 3.8) is 0 Å². The van der Waals surface area contributed by atoms with E-state index in [1.165, 1.54) is 0 Å². The number of nitrogens with two attached hydrogens (primary N) is 1. The lowest BCUT2D eigenvalue weighted by Gasteiger charge is -1.95. The minimum Gasteiger partial charge on any atom is -0.317 e. The van der Waals surface area contributed by atoms with E-state index >= 15 is 0 Å². The van der Waals surface area contributed by atoms with Crippen molar-refractivity contribution in [3.8, 4) is 0 Å². The van der Waals surface area contributed by atoms with Crippen LogP contribution in [-0.2, 0) is 4.79 Å². The molecule has 0 radical (unpaired) electrons. The molecule has 0 saturated heterocycles. The van der Waals surface area contributed by atoms with Gasteiger partial charge in [-0.15, -0.1) is 0 Å². The van der Waals surface area contributed by atoms with Crippen molar-refractivity contribution in [3.05, 3.63) is 0 Å². The van der Waals surface area contributed by atoms with Gasteiger partial charge < -0.3 is 11.1 Å². The molecule has 3 heteroatoms. The predicted molar refractivity (Wildman–Crippen MR) is 29.9 cm³/mol. The quantitative estimate of drug-likeness (QED) is 0.451. The van der Waals surface area contributed by atoms with Gasteiger partial charge in [-0.25, -0.2) is 0 Å². The number of carbonyl (C=O) groups is 1. The molecule has 1 fully saturated rings. The van der Waals surface area contributed by atoms with Crippen LogP contribution in [0.4, 0.5) is 0 Å². The molecule has 1 rings (SSSR count). The second-order valence-corrected chi connectivity index (χ2v) is 1.97. The fraction of sp³-hybridized carbons (Fsp3) is 0.600. The molecule has 0 heterocycles. The summed E-state index contributed by atoms with van der Waals surface area (Å²) in [5.41, 5.74) is 5.63. The van der Waals surface area contributed by atoms with Crippen molar-refractivity contribution in [2.24, 2.45) is 5.73 Å². The smallest absolute Gasteiger partial charge is 0.155 e. The van der Waals surface area contributed by atoms with Crippen LogP contribution in [0.15, 0.2) is 0 Å². The highest BCUT2D eigenvalue weighted by Gasteiger charge is 2.25. The molecule has 0 aromatic rings. The maximum atomic E-state index is 10.5. The number of ketones is 1. The Hall–Kier alpha value is -0.700. The van der Waals surface area contributed by atoms with Gasteiger partial charge in [-0.05, 0) is 6.42 Å². The Balaban J connectivity index is 2.70. The van der Waals surface area contributed by atoms with Gasteiger partial charge in [-0.3, -0.25) is 4.79 Å². The molecule has 0 spiro atoms. The van der Waals surface area contributed by atoms with Gasteiger partial charge in [0, 0.05) is 12.1 Å². The van der Waals surface area contributed by atoms with Crippen molar-refractivity contribution in [1.29, 1.82) is 5.41 Å². The molecule has 3 nitrogen and oxygen atoms in total. The third-order valence-corrected chi connectivity index (χ3v) is 1.36. The monoisotopic (exact) mass is 112 g/mol. The first-order valence-corrected chi connectivity index (χ1v) is 2.57. The van der Waals surface area contributed by atoms with E-state index in [1.54, 1.807) is 0 Å². The molecule has 0 amide bonds. The van der Waals surface area contributed by atoms with E-state index in [4.69, 9.17) is 11.1 Å². The molecule has 44 valence electrons. The highest BCUT2D eigenvalue weighted by Crippen LogP contribution is 2.07. The number of carbonyl (C=O) groups excluding carboxylic acids is 1. The zero-order valence-corrected chi connectivity index (χ0v) is 4.48. The van der Waals surface area contributed by atoms with Gasteiger partial charge in [0.2, 0.25) is 0 Å². The predicted octanol–water partition coefficient (Wildman–Crippen LogP) is -0.304. The summed E-state index contributed by atoms with van der Waals surface area (Å²) in [7, 11) is 0. The Morgan fingerprint density at radius 1 is 1.62 bits per heavy atom. The highest BCUT2D eigenvalue weighted by molar-refractivity contribution is 6.13. The first-order valence-electron chi connectivity index (χ1n) is 2.57. The molecule has 0 bridgehead atoms. The number of hydrogen-bond donors (Lipinski definition) is 2. The van der Waals surface area contributed by atoms with E-state index in [-0.39, 0.29) is 5.78 Å². The fourth-order valence-corrected chi connectivity index (χ4v) is 0.763. The molecule has 1 unspecified atom stereocenters. The Kier molecular flexibility index (Phi) is 1.13. The summed E-state index contributed by atoms with van der Waals surface area (Å²) < 4.78 is 0. The Bertz CT molecular complexity index is 125. The van der Waals surface area contributed by atoms with Crippen molar-refractivity contribution in [2.45, 2.75) is 18.9 Å². The van der Waals surface area contributed by atoms with Gasteiger partial charge in [-0.1, -0.05) is 0 Å². The molecule has 0 aromatic heterocycles. The van der Waals surface area contributed by atoms with Gasteiger partial charge in [0.15, 0.2) is 5.78 Å². The van der Waals surface area contributed by atoms with E-state index in [0.717, 1.165) is 0 Å². The zero-order chi connectivity index (χ0) is 6.15. The van der Waals surface area contributed by atoms with Gasteiger partial charge >= 0.3 is 0 Å². The third kappa shape index (κ3) is 0.648. The molecule has 1 saturated carbocycles. The normalized spacial score (nSPS) is 29.4. The third-order valence-electron chi connectivity index (χ3n) is 1.36. The summed E-state index contributed by atoms with van der Waals surface area (Å²) in [5.74, 6) is 0.00926. The van der Waals surface area contributed by atoms with Crippen molar-refractivity contribution in [1.82, 2.24) is 0 Å². The number of Topliss-reactive ketones (excluding diaryl/α,β-unsaturated/α-hetero) is 1. The van der Waals surface area contributed by atoms with Crippen LogP contribution in [0, 0.1) is 5.41 Å². The fourth-order valence-electron chi connectivity index (χ4n) is 0.763. The van der Waals surface area contributed by atoms with E-state index in [9.17, 15) is 4.79 Å². The van der Waals surface area contributed by atoms with Crippen LogP contribution in [-0.4, -0.2) is 17.5 Å². The zero-order valence-electron chi connectivity index (χ0n) is 4.48. The molecule has 1 atom stereocenters. The first kappa shape index (κ1) is 5.44. The van der Waals surface area contributed by atoms with Crippen LogP contribution < -0.4 is 5.73 Å². The lowest BCUT2D eigenvalue weighted by Crippen LogP contribution is -2.30. The van der Waals surface area contributed by atoms with Gasteiger partial charge in [0.1, 0.15) is 6.04 Å². The van der Waals surface area contributed by atoms with Crippen LogP contribution in [0.1, 0.15) is 12.8 Å². The van der Waals surface area contributed by atoms with Gasteiger partial charge in [0.25, 0.3) is 0 Å². The van der Waals surface area contributed by atoms with Crippen LogP contribution >= 0.6 is 0 Å². The van der Waals surface area contributed by atoms with Crippen LogP contribution in [0.25, 0.3) is 0 Å². The topological polar surface area (TPSA) is 66.9 Å². The molecule has 8 heavy (non-hydrogen) atoms. The molecule has 0 aromatic carbocycles. The lowest BCUT2D eigenvalue weighted by molar-refractivity contribution is -0.117. The largest absolute Gasteiger partial charge is 0.317 e. The second-order valence-electron chi connectivity index (χ2n) is 1.97. The van der Waals surface area contributed by atoms with Crippen LogP contribution in [0.3, 0.4) is 0 Å². The summed E-state index contributed by atoms with van der Waals surface area (Å²) in [6.45, 7) is 0. The summed E-state index contributed by atoms with van der Waals surface area (Å²) in [6.07, 6.45) is 1.04. The molecular weight excluding hydrogens is 104 g/mol. The summed E-state index contributed by atoms with van der Waals surface area (Å²) >= 11 is 0. The SMILES string of the molecule is N=C1CCC(=O)C1N. The molecule has 3 N–H and O–H groups in total. The number of nitrogens with one attached hydrogen (secondary N) is 1. The van der Waals surface area contributed by atoms with Crippen molar-refractivity contribution < 1.29 is 4.79 Å². The summed E-state index contributed by atoms with van der Waals surface area (Å²) in [6, 6.07) is -0.574. The van der Waals surface area contributed by atoms with E-state index in [0.29, 0.717) is 18.6 Å². The van der Waals surface area contributed by atoms with Gasteiger partial charge in [0.05, 0.1) is 0 Å². The summed E-state index contributed by atoms with van der Waals surface area (Å²) in [5, 5.41) is 7.04. The first-order chi connectivity index (χ1) is 3.72. The average Bonchev–Trinajstić information content (AvgIpc) is 1.98. The Morgan fingerprint density at radius 3 is 2.38 bits per heavy atom. The van der Waals surface area contributed by atoms with Crippen molar-refractivity contribution >= 4 is 11.5 Å². The minimum atomic E-state index is -0.574. The van der Waals surface area contributed by atoms with Gasteiger partial charge in [-0.2, -0.15) is 0 Å². The molecule has 1 aliphatic rings. The maximum absolute atomic E-state index is 10.5. The molecule has 0 aliphatic heterocycles. The number of hydrogen-bond acceptors (Lipinski definition) is 3. The highest BCUT2D eigenvalue weighted by atomic mass is 16.1. The average molecular weight is 112 g/mol. The van der Waals surface area contributed by atoms with E-state index in [2.05, 4.69) is 0 Å². The molecule has 1 aliphatic carbocycles. The van der Waals surface area contributed by atoms with Crippen LogP contribution in [0.5, 0.6) is 0 Å². The van der Waals surface area contributed by atoms with E-state index in [1.807, 2.05) is 0 Å². The van der Waals surface area contributed by atoms with E-state index < -0.39 is 6.04 Å². The van der Waals surface area contributed by atoms with Crippen molar-refractivity contribution in [2.75, 3.05) is 0 Å². The number of rotatable bonds is 0. The lowest BCUT2D eigenvalue weighted by atomic mass is 10.2. The second kappa shape index (κ2) is 1.67. The molecular formula is C5H8N2O. The van der Waals surface area contributed by atoms with Crippen LogP contribution in [0.2, 0.25) is 0 Å². The maximum Gasteiger partial charge on any atom is 0.155 e.